The zero-order valence-corrected chi connectivity index (χ0v) is 63.7. The Balaban J connectivity index is -0.000000286. The number of halogens is 6. The Morgan fingerprint density at radius 3 is 0.741 bits per heavy atom. The first-order valence-electron chi connectivity index (χ1n) is 34.3. The largest absolute Gasteiger partial charge is 0.491 e. The van der Waals surface area contributed by atoms with Crippen molar-refractivity contribution in [2.24, 2.45) is 11.8 Å². The SMILES string of the molecule is C.C.C.C.C.C.CC(C)NC(=O)c1c(F)cc(C(=O)C(C)C)cc1F.CC(C)NC(=O)c1c(F)cc(C(C)C)cc1F.CC(C)NC(=O)c1c(F)cc(OC(C)C)cc1F.CC(C)NC(=O)c1ccc(C(=O)C(C)C)cc1.CC(C)NC(=O)c1ccc(C(C)C)cc1.CC(C)NC(=O)c1ccc(OC(C)C)cc1. The zero-order chi connectivity index (χ0) is 78.3. The summed E-state index contributed by atoms with van der Waals surface area (Å²) in [5.74, 6) is -7.28. The predicted octanol–water partition coefficient (Wildman–Crippen LogP) is 21.1. The van der Waals surface area contributed by atoms with Gasteiger partial charge in [0.1, 0.15) is 63.1 Å². The van der Waals surface area contributed by atoms with E-state index in [4.69, 9.17) is 9.47 Å². The van der Waals surface area contributed by atoms with Crippen LogP contribution in [0, 0.1) is 46.7 Å². The average Bonchev–Trinajstić information content (AvgIpc) is 0.837. The highest BCUT2D eigenvalue weighted by Crippen LogP contribution is 2.25. The van der Waals surface area contributed by atoms with Crippen molar-refractivity contribution in [1.82, 2.24) is 31.9 Å². The Hall–Kier alpha value is -9.34. The third-order valence-electron chi connectivity index (χ3n) is 13.5. The number of carbonyl (C=O) groups excluding carboxylic acids is 8. The first-order valence-corrected chi connectivity index (χ1v) is 34.3. The summed E-state index contributed by atoms with van der Waals surface area (Å²) in [6, 6.07) is 27.9. The van der Waals surface area contributed by atoms with Crippen molar-refractivity contribution < 1.29 is 74.2 Å². The van der Waals surface area contributed by atoms with Crippen molar-refractivity contribution in [2.75, 3.05) is 0 Å². The summed E-state index contributed by atoms with van der Waals surface area (Å²) in [4.78, 5) is 93.1. The number of benzene rings is 6. The molecule has 6 amide bonds. The topological polar surface area (TPSA) is 227 Å². The molecule has 0 fully saturated rings. The quantitative estimate of drug-likeness (QED) is 0.0278. The average molecular weight is 1520 g/mol. The standard InChI is InChI=1S/C14H17F2NO2.C14H19NO2.C13H17F2NO2.C13H17F2NO.C13H19NO2.C13H19NO.6CH4/c1-7(2)13(18)9-5-10(15)12(11(16)6-9)14(19)17-8(3)4;1-9(2)13(16)11-5-7-12(8-6-11)14(17)15-10(3)4;1-7(2)16-13(17)12-10(14)5-9(6-11(12)15)18-8(3)4;1-7(2)9-5-10(14)12(11(15)6-9)13(17)16-8(3)4;1-9(2)14-13(15)11-5-7-12(8-6-11)16-10(3)4;1-9(2)11-5-7-12(8-6-11)13(15)14-10(3)4;;;;;;/h5-8H,1-4H3,(H,17,19);5-10H,1-4H3,(H,15,17);5-8H,1-4H3,(H,16,17);5-8H,1-4H3,(H,16,17);5-10H,1-4H3,(H,14,15);5-10H,1-4H3,(H,14,15);6*1H4. The van der Waals surface area contributed by atoms with Crippen LogP contribution in [0.3, 0.4) is 0 Å². The van der Waals surface area contributed by atoms with Gasteiger partial charge in [-0.1, -0.05) is 124 Å². The third kappa shape index (κ3) is 40.0. The molecule has 0 aliphatic rings. The maximum Gasteiger partial charge on any atom is 0.257 e. The van der Waals surface area contributed by atoms with Crippen LogP contribution in [0.25, 0.3) is 0 Å². The van der Waals surface area contributed by atoms with E-state index in [0.29, 0.717) is 28.2 Å². The zero-order valence-electron chi connectivity index (χ0n) is 63.7. The molecule has 6 rings (SSSR count). The molecule has 6 N–H and O–H groups in total. The highest BCUT2D eigenvalue weighted by Gasteiger charge is 2.24. The van der Waals surface area contributed by atoms with Crippen molar-refractivity contribution >= 4 is 47.0 Å². The van der Waals surface area contributed by atoms with Gasteiger partial charge in [0.2, 0.25) is 0 Å². The van der Waals surface area contributed by atoms with Crippen LogP contribution in [0.15, 0.2) is 109 Å². The molecule has 0 radical (unpaired) electrons. The molecule has 108 heavy (non-hydrogen) atoms. The normalized spacial score (nSPS) is 10.2. The van der Waals surface area contributed by atoms with Gasteiger partial charge in [-0.25, -0.2) is 26.3 Å². The number of hydrogen-bond acceptors (Lipinski definition) is 10. The van der Waals surface area contributed by atoms with Crippen LogP contribution < -0.4 is 41.4 Å². The van der Waals surface area contributed by atoms with Crippen LogP contribution in [0.5, 0.6) is 11.5 Å². The van der Waals surface area contributed by atoms with Crippen LogP contribution in [0.4, 0.5) is 26.3 Å². The molecule has 0 saturated carbocycles. The monoisotopic (exact) mass is 1520 g/mol. The molecule has 0 unspecified atom stereocenters. The lowest BCUT2D eigenvalue weighted by Gasteiger charge is -2.13. The summed E-state index contributed by atoms with van der Waals surface area (Å²) < 4.78 is 92.9. The van der Waals surface area contributed by atoms with Gasteiger partial charge in [0.15, 0.2) is 11.6 Å². The third-order valence-corrected chi connectivity index (χ3v) is 13.5. The number of amides is 6. The summed E-state index contributed by atoms with van der Waals surface area (Å²) in [6.45, 7) is 44.3. The highest BCUT2D eigenvalue weighted by molar-refractivity contribution is 6.01. The van der Waals surface area contributed by atoms with E-state index in [1.54, 1.807) is 106 Å². The van der Waals surface area contributed by atoms with Crippen LogP contribution in [-0.4, -0.2) is 95.5 Å². The highest BCUT2D eigenvalue weighted by atomic mass is 19.2. The molecule has 0 heterocycles. The summed E-state index contributed by atoms with van der Waals surface area (Å²) in [5, 5.41) is 15.8. The van der Waals surface area contributed by atoms with Crippen LogP contribution in [0.2, 0.25) is 0 Å². The Morgan fingerprint density at radius 2 is 0.481 bits per heavy atom. The number of carbonyl (C=O) groups is 8. The van der Waals surface area contributed by atoms with E-state index >= 15 is 0 Å². The van der Waals surface area contributed by atoms with E-state index in [0.717, 1.165) is 35.6 Å². The first-order chi connectivity index (χ1) is 47.3. The molecule has 0 saturated heterocycles. The number of ketones is 2. The van der Waals surface area contributed by atoms with Gasteiger partial charge in [-0.15, -0.1) is 0 Å². The molecule has 16 nitrogen and oxygen atoms in total. The summed E-state index contributed by atoms with van der Waals surface area (Å²) in [7, 11) is 0. The molecule has 0 spiro atoms. The van der Waals surface area contributed by atoms with Crippen LogP contribution in [0.1, 0.15) is 317 Å². The molecule has 0 aliphatic carbocycles. The molecule has 0 aromatic heterocycles. The van der Waals surface area contributed by atoms with Gasteiger partial charge in [-0.05, 0) is 207 Å². The molecular formula is C86H132F6N6O10. The smallest absolute Gasteiger partial charge is 0.257 e. The lowest BCUT2D eigenvalue weighted by Crippen LogP contribution is -2.31. The fourth-order valence-corrected chi connectivity index (χ4v) is 8.65. The van der Waals surface area contributed by atoms with Gasteiger partial charge < -0.3 is 41.4 Å². The second-order valence-corrected chi connectivity index (χ2v) is 27.6. The van der Waals surface area contributed by atoms with E-state index in [2.05, 4.69) is 45.7 Å². The van der Waals surface area contributed by atoms with Gasteiger partial charge in [0.05, 0.1) is 12.2 Å². The van der Waals surface area contributed by atoms with Gasteiger partial charge in [0.25, 0.3) is 35.4 Å². The van der Waals surface area contributed by atoms with Gasteiger partial charge in [-0.2, -0.15) is 0 Å². The second-order valence-electron chi connectivity index (χ2n) is 27.6. The van der Waals surface area contributed by atoms with Crippen molar-refractivity contribution in [1.29, 1.82) is 0 Å². The van der Waals surface area contributed by atoms with Crippen LogP contribution >= 0.6 is 0 Å². The number of nitrogens with one attached hydrogen (secondary N) is 6. The van der Waals surface area contributed by atoms with Crippen LogP contribution in [-0.2, 0) is 0 Å². The molecule has 608 valence electrons. The minimum Gasteiger partial charge on any atom is -0.491 e. The Labute approximate surface area is 644 Å². The number of ether oxygens (including phenoxy) is 2. The van der Waals surface area contributed by atoms with E-state index in [1.165, 1.54) is 17.7 Å². The molecule has 0 aliphatic heterocycles. The molecule has 6 aromatic carbocycles. The molecule has 0 bridgehead atoms. The Morgan fingerprint density at radius 1 is 0.259 bits per heavy atom. The minimum atomic E-state index is -1.03. The van der Waals surface area contributed by atoms with Crippen molar-refractivity contribution in [3.8, 4) is 11.5 Å². The molecule has 22 heteroatoms. The minimum absolute atomic E-state index is 0. The van der Waals surface area contributed by atoms with Gasteiger partial charge >= 0.3 is 0 Å². The maximum atomic E-state index is 13.8. The van der Waals surface area contributed by atoms with Crippen molar-refractivity contribution in [2.45, 2.75) is 271 Å². The molecule has 0 atom stereocenters. The fourth-order valence-electron chi connectivity index (χ4n) is 8.65. The molecule has 6 aromatic rings. The van der Waals surface area contributed by atoms with Crippen molar-refractivity contribution in [3.63, 3.8) is 0 Å². The van der Waals surface area contributed by atoms with Gasteiger partial charge in [0, 0.05) is 88.0 Å². The van der Waals surface area contributed by atoms with Gasteiger partial charge in [-0.3, -0.25) is 38.4 Å². The van der Waals surface area contributed by atoms with E-state index in [9.17, 15) is 64.7 Å². The predicted molar refractivity (Wildman–Crippen MR) is 432 cm³/mol. The molecular weight excluding hydrogens is 1390 g/mol. The van der Waals surface area contributed by atoms with E-state index in [1.807, 2.05) is 119 Å². The Bertz CT molecular complexity index is 3630. The fraction of sp³-hybridized carbons (Fsp3) is 0.488. The number of hydrogen-bond donors (Lipinski definition) is 6. The second kappa shape index (κ2) is 53.4. The number of Topliss-reactive ketones (excluding diaryl/α,β-unsaturated/α-hetero) is 2. The summed E-state index contributed by atoms with van der Waals surface area (Å²) in [6.07, 6.45) is -0.0468. The lowest BCUT2D eigenvalue weighted by atomic mass is 9.99. The summed E-state index contributed by atoms with van der Waals surface area (Å²) >= 11 is 0. The van der Waals surface area contributed by atoms with E-state index in [-0.39, 0.29) is 151 Å². The maximum absolute atomic E-state index is 13.8. The van der Waals surface area contributed by atoms with Crippen molar-refractivity contribution in [3.05, 3.63) is 200 Å². The lowest BCUT2D eigenvalue weighted by molar-refractivity contribution is 0.0921. The van der Waals surface area contributed by atoms with E-state index < -0.39 is 69.3 Å². The Kier molecular flexibility index (Phi) is 54.2. The summed E-state index contributed by atoms with van der Waals surface area (Å²) in [5.41, 5.74) is 2.61. The first kappa shape index (κ1) is 110. The number of rotatable bonds is 22.